The zero-order chi connectivity index (χ0) is 18.6. The first-order valence-electron chi connectivity index (χ1n) is 9.30. The molecule has 3 aliphatic rings. The molecule has 0 unspecified atom stereocenters. The summed E-state index contributed by atoms with van der Waals surface area (Å²) in [7, 11) is 1.61. The summed E-state index contributed by atoms with van der Waals surface area (Å²) >= 11 is 0. The van der Waals surface area contributed by atoms with Gasteiger partial charge in [-0.2, -0.15) is 0 Å². The van der Waals surface area contributed by atoms with E-state index in [-0.39, 0.29) is 18.6 Å². The molecule has 0 aliphatic carbocycles. The molecule has 0 saturated carbocycles. The van der Waals surface area contributed by atoms with Crippen LogP contribution in [0.5, 0.6) is 11.5 Å². The number of hydrogen-bond donors (Lipinski definition) is 0. The average Bonchev–Trinajstić information content (AvgIpc) is 3.05. The Balaban J connectivity index is 1.41. The molecule has 1 amide bonds. The predicted molar refractivity (Wildman–Crippen MR) is 101 cm³/mol. The number of amides is 1. The SMILES string of the molecule is COc1cccc(OCC(=O)N2C[C@H]3CC[C@@H]2CN(c2cnccn2)C3)c1. The third kappa shape index (κ3) is 3.97. The number of aromatic nitrogens is 2. The monoisotopic (exact) mass is 368 g/mol. The molecule has 5 rings (SSSR count). The topological polar surface area (TPSA) is 67.8 Å². The summed E-state index contributed by atoms with van der Waals surface area (Å²) in [6.07, 6.45) is 7.35. The number of nitrogens with zero attached hydrogens (tertiary/aromatic N) is 4. The Labute approximate surface area is 158 Å². The van der Waals surface area contributed by atoms with Gasteiger partial charge < -0.3 is 19.3 Å². The number of ether oxygens (including phenoxy) is 2. The number of anilines is 1. The zero-order valence-corrected chi connectivity index (χ0v) is 15.5. The third-order valence-electron chi connectivity index (χ3n) is 5.31. The van der Waals surface area contributed by atoms with Gasteiger partial charge in [0.05, 0.1) is 13.3 Å². The Morgan fingerprint density at radius 3 is 2.89 bits per heavy atom. The van der Waals surface area contributed by atoms with Crippen LogP contribution in [-0.4, -0.2) is 60.2 Å². The molecule has 142 valence electrons. The van der Waals surface area contributed by atoms with Crippen molar-refractivity contribution in [1.29, 1.82) is 0 Å². The van der Waals surface area contributed by atoms with Gasteiger partial charge in [0, 0.05) is 44.1 Å². The van der Waals surface area contributed by atoms with Crippen LogP contribution in [0.3, 0.4) is 0 Å². The molecule has 7 heteroatoms. The molecular weight excluding hydrogens is 344 g/mol. The first-order valence-corrected chi connectivity index (χ1v) is 9.30. The van der Waals surface area contributed by atoms with Crippen molar-refractivity contribution < 1.29 is 14.3 Å². The molecule has 0 spiro atoms. The highest BCUT2D eigenvalue weighted by atomic mass is 16.5. The van der Waals surface area contributed by atoms with Crippen molar-refractivity contribution in [1.82, 2.24) is 14.9 Å². The summed E-state index contributed by atoms with van der Waals surface area (Å²) in [5, 5.41) is 0. The molecule has 2 bridgehead atoms. The maximum atomic E-state index is 12.8. The van der Waals surface area contributed by atoms with Crippen LogP contribution in [-0.2, 0) is 4.79 Å². The van der Waals surface area contributed by atoms with E-state index in [1.165, 1.54) is 0 Å². The molecule has 1 aromatic heterocycles. The van der Waals surface area contributed by atoms with Crippen molar-refractivity contribution in [2.24, 2.45) is 5.92 Å². The normalized spacial score (nSPS) is 21.7. The summed E-state index contributed by atoms with van der Waals surface area (Å²) in [6.45, 7) is 2.53. The lowest BCUT2D eigenvalue weighted by Crippen LogP contribution is -2.49. The molecule has 3 aliphatic heterocycles. The van der Waals surface area contributed by atoms with Crippen LogP contribution in [0.2, 0.25) is 0 Å². The third-order valence-corrected chi connectivity index (χ3v) is 5.31. The minimum absolute atomic E-state index is 0.0357. The highest BCUT2D eigenvalue weighted by molar-refractivity contribution is 5.78. The number of carbonyl (C=O) groups excluding carboxylic acids is 1. The smallest absolute Gasteiger partial charge is 0.260 e. The summed E-state index contributed by atoms with van der Waals surface area (Å²) in [4.78, 5) is 25.7. The van der Waals surface area contributed by atoms with Gasteiger partial charge in [0.1, 0.15) is 17.3 Å². The number of hydrogen-bond acceptors (Lipinski definition) is 6. The van der Waals surface area contributed by atoms with Gasteiger partial charge in [0.15, 0.2) is 6.61 Å². The lowest BCUT2D eigenvalue weighted by Gasteiger charge is -2.36. The van der Waals surface area contributed by atoms with E-state index >= 15 is 0 Å². The van der Waals surface area contributed by atoms with E-state index in [4.69, 9.17) is 9.47 Å². The van der Waals surface area contributed by atoms with Crippen molar-refractivity contribution >= 4 is 11.7 Å². The van der Waals surface area contributed by atoms with Gasteiger partial charge in [-0.1, -0.05) is 6.07 Å². The van der Waals surface area contributed by atoms with Crippen molar-refractivity contribution in [3.8, 4) is 11.5 Å². The van der Waals surface area contributed by atoms with Gasteiger partial charge in [-0.15, -0.1) is 0 Å². The van der Waals surface area contributed by atoms with Gasteiger partial charge in [-0.05, 0) is 30.9 Å². The second kappa shape index (κ2) is 7.82. The second-order valence-electron chi connectivity index (χ2n) is 7.08. The van der Waals surface area contributed by atoms with Crippen LogP contribution in [0, 0.1) is 5.92 Å². The minimum Gasteiger partial charge on any atom is -0.497 e. The largest absolute Gasteiger partial charge is 0.497 e. The van der Waals surface area contributed by atoms with E-state index < -0.39 is 0 Å². The quantitative estimate of drug-likeness (QED) is 0.804. The van der Waals surface area contributed by atoms with Gasteiger partial charge >= 0.3 is 0 Å². The number of piperidine rings is 1. The number of benzene rings is 1. The molecule has 2 aromatic rings. The van der Waals surface area contributed by atoms with Gasteiger partial charge in [0.25, 0.3) is 5.91 Å². The summed E-state index contributed by atoms with van der Waals surface area (Å²) in [6, 6.07) is 7.51. The molecule has 7 nitrogen and oxygen atoms in total. The second-order valence-corrected chi connectivity index (χ2v) is 7.08. The number of rotatable bonds is 5. The standard InChI is InChI=1S/C20H24N4O3/c1-26-17-3-2-4-18(9-17)27-14-20(25)24-12-15-5-6-16(24)13-23(11-15)19-10-21-7-8-22-19/h2-4,7-10,15-16H,5-6,11-14H2,1H3/t15-,16+/m0/s1. The lowest BCUT2D eigenvalue weighted by atomic mass is 9.95. The molecule has 0 N–H and O–H groups in total. The first kappa shape index (κ1) is 17.6. The highest BCUT2D eigenvalue weighted by Crippen LogP contribution is 2.30. The van der Waals surface area contributed by atoms with E-state index in [1.807, 2.05) is 23.1 Å². The van der Waals surface area contributed by atoms with E-state index in [0.717, 1.165) is 38.3 Å². The van der Waals surface area contributed by atoms with Crippen LogP contribution < -0.4 is 14.4 Å². The fraction of sp³-hybridized carbons (Fsp3) is 0.450. The first-order chi connectivity index (χ1) is 13.2. The Kier molecular flexibility index (Phi) is 5.09. The lowest BCUT2D eigenvalue weighted by molar-refractivity contribution is -0.137. The fourth-order valence-electron chi connectivity index (χ4n) is 3.95. The van der Waals surface area contributed by atoms with E-state index in [9.17, 15) is 4.79 Å². The summed E-state index contributed by atoms with van der Waals surface area (Å²) in [5.41, 5.74) is 0. The maximum Gasteiger partial charge on any atom is 0.260 e. The Morgan fingerprint density at radius 2 is 2.07 bits per heavy atom. The highest BCUT2D eigenvalue weighted by Gasteiger charge is 2.37. The average molecular weight is 368 g/mol. The summed E-state index contributed by atoms with van der Waals surface area (Å²) in [5.74, 6) is 2.73. The van der Waals surface area contributed by atoms with Crippen LogP contribution in [0.15, 0.2) is 42.9 Å². The summed E-state index contributed by atoms with van der Waals surface area (Å²) < 4.78 is 10.9. The van der Waals surface area contributed by atoms with E-state index in [0.29, 0.717) is 17.4 Å². The number of methoxy groups -OCH3 is 1. The molecule has 2 atom stereocenters. The minimum atomic E-state index is 0.0357. The Morgan fingerprint density at radius 1 is 1.19 bits per heavy atom. The van der Waals surface area contributed by atoms with E-state index in [2.05, 4.69) is 14.9 Å². The molecule has 3 saturated heterocycles. The predicted octanol–water partition coefficient (Wildman–Crippen LogP) is 1.99. The van der Waals surface area contributed by atoms with Gasteiger partial charge in [-0.25, -0.2) is 4.98 Å². The maximum absolute atomic E-state index is 12.8. The number of carbonyl (C=O) groups is 1. The fourth-order valence-corrected chi connectivity index (χ4v) is 3.95. The van der Waals surface area contributed by atoms with Crippen LogP contribution in [0.25, 0.3) is 0 Å². The molecule has 0 radical (unpaired) electrons. The molecule has 4 heterocycles. The molecule has 1 aromatic carbocycles. The molecular formula is C20H24N4O3. The number of fused-ring (bicyclic) bond motifs is 4. The Hall–Kier alpha value is -2.83. The van der Waals surface area contributed by atoms with Crippen molar-refractivity contribution in [2.45, 2.75) is 18.9 Å². The molecule has 3 fully saturated rings. The van der Waals surface area contributed by atoms with Crippen molar-refractivity contribution in [2.75, 3.05) is 38.3 Å². The van der Waals surface area contributed by atoms with E-state index in [1.54, 1.807) is 31.8 Å². The van der Waals surface area contributed by atoms with Gasteiger partial charge in [-0.3, -0.25) is 9.78 Å². The zero-order valence-electron chi connectivity index (χ0n) is 15.5. The van der Waals surface area contributed by atoms with Crippen molar-refractivity contribution in [3.05, 3.63) is 42.9 Å². The van der Waals surface area contributed by atoms with Crippen LogP contribution in [0.4, 0.5) is 5.82 Å². The molecule has 27 heavy (non-hydrogen) atoms. The van der Waals surface area contributed by atoms with Crippen molar-refractivity contribution in [3.63, 3.8) is 0 Å². The Bertz CT molecular complexity index is 786. The van der Waals surface area contributed by atoms with Crippen LogP contribution in [0.1, 0.15) is 12.8 Å². The van der Waals surface area contributed by atoms with Crippen LogP contribution >= 0.6 is 0 Å². The van der Waals surface area contributed by atoms with Gasteiger partial charge in [0.2, 0.25) is 0 Å².